The quantitative estimate of drug-likeness (QED) is 0.378. The van der Waals surface area contributed by atoms with Crippen LogP contribution in [0.25, 0.3) is 0 Å². The van der Waals surface area contributed by atoms with Gasteiger partial charge in [0, 0.05) is 12.3 Å². The third-order valence-electron chi connectivity index (χ3n) is 6.99. The zero-order valence-corrected chi connectivity index (χ0v) is 17.9. The topological polar surface area (TPSA) is 46.5 Å². The van der Waals surface area contributed by atoms with E-state index in [0.717, 1.165) is 49.6 Å². The van der Waals surface area contributed by atoms with Crippen molar-refractivity contribution in [2.75, 3.05) is 20.6 Å². The molecule has 2 saturated carbocycles. The number of esters is 1. The van der Waals surface area contributed by atoms with Crippen molar-refractivity contribution in [2.24, 2.45) is 11.8 Å². The molecule has 2 aliphatic carbocycles. The Hall–Kier alpha value is -0.660. The first-order valence-corrected chi connectivity index (χ1v) is 9.74. The number of carbonyl (C=O) groups is 1. The number of benzene rings is 1. The predicted molar refractivity (Wildman–Crippen MR) is 95.7 cm³/mol. The van der Waals surface area contributed by atoms with Crippen molar-refractivity contribution in [3.05, 3.63) is 35.9 Å². The molecule has 0 aromatic heterocycles. The summed E-state index contributed by atoms with van der Waals surface area (Å²) in [6, 6.07) is 9.80. The Bertz CT molecular complexity index is 644. The Morgan fingerprint density at radius 2 is 1.77 bits per heavy atom. The Labute approximate surface area is 173 Å². The number of nitrogens with zero attached hydrogens (tertiary/aromatic N) is 1. The third kappa shape index (κ3) is 3.20. The van der Waals surface area contributed by atoms with E-state index >= 15 is 0 Å². The lowest BCUT2D eigenvalue weighted by molar-refractivity contribution is -0.908. The van der Waals surface area contributed by atoms with E-state index in [4.69, 9.17) is 4.74 Å². The minimum Gasteiger partial charge on any atom is -1.00 e. The lowest BCUT2D eigenvalue weighted by Crippen LogP contribution is -3.00. The van der Waals surface area contributed by atoms with Crippen LogP contribution >= 0.6 is 0 Å². The summed E-state index contributed by atoms with van der Waals surface area (Å²) >= 11 is 0. The molecule has 0 radical (unpaired) electrons. The molecule has 0 spiro atoms. The number of ether oxygens (including phenoxy) is 1. The summed E-state index contributed by atoms with van der Waals surface area (Å²) in [6.07, 6.45) is 6.13. The fourth-order valence-corrected chi connectivity index (χ4v) is 5.65. The molecule has 1 aromatic rings. The van der Waals surface area contributed by atoms with Gasteiger partial charge in [0.05, 0.1) is 26.6 Å². The van der Waals surface area contributed by atoms with Gasteiger partial charge < -0.3 is 38.3 Å². The van der Waals surface area contributed by atoms with Gasteiger partial charge >= 0.3 is 5.97 Å². The molecule has 26 heavy (non-hydrogen) atoms. The first-order chi connectivity index (χ1) is 11.9. The molecule has 5 heteroatoms. The molecular formula is C21H30INO3. The number of hydrogen-bond donors (Lipinski definition) is 1. The maximum Gasteiger partial charge on any atom is 0.343 e. The highest BCUT2D eigenvalue weighted by Crippen LogP contribution is 2.46. The normalized spacial score (nSPS) is 32.0. The molecule has 1 aliphatic heterocycles. The lowest BCUT2D eigenvalue weighted by Gasteiger charge is -2.35. The standard InChI is InChI=1S/C21H30NO3.HI/c1-22(2)14-15-12-13-18(22)19(15)25-20(23)21(24,17-10-6-7-11-17)16-8-4-3-5-9-16;/h3-5,8-9,15,17-19,24H,6-7,10-14H2,1-2H3;1H/q+1;/p-1/t15?,18-,19?,21+;/m1./s1. The summed E-state index contributed by atoms with van der Waals surface area (Å²) in [4.78, 5) is 13.3. The lowest BCUT2D eigenvalue weighted by atomic mass is 9.80. The van der Waals surface area contributed by atoms with Crippen LogP contribution in [0.3, 0.4) is 0 Å². The van der Waals surface area contributed by atoms with Crippen molar-refractivity contribution >= 4 is 5.97 Å². The van der Waals surface area contributed by atoms with Crippen molar-refractivity contribution < 1.29 is 43.1 Å². The van der Waals surface area contributed by atoms with Crippen LogP contribution in [-0.4, -0.2) is 48.3 Å². The van der Waals surface area contributed by atoms with Crippen LogP contribution in [0, 0.1) is 11.8 Å². The van der Waals surface area contributed by atoms with Gasteiger partial charge in [0.1, 0.15) is 6.04 Å². The van der Waals surface area contributed by atoms with Crippen molar-refractivity contribution in [3.63, 3.8) is 0 Å². The molecule has 3 aliphatic rings. The number of piperidine rings is 1. The zero-order chi connectivity index (χ0) is 17.7. The van der Waals surface area contributed by atoms with Crippen LogP contribution < -0.4 is 24.0 Å². The van der Waals surface area contributed by atoms with E-state index in [1.54, 1.807) is 0 Å². The molecule has 1 heterocycles. The van der Waals surface area contributed by atoms with Crippen LogP contribution in [0.1, 0.15) is 44.1 Å². The summed E-state index contributed by atoms with van der Waals surface area (Å²) in [6.45, 7) is 1.07. The zero-order valence-electron chi connectivity index (χ0n) is 15.7. The van der Waals surface area contributed by atoms with Gasteiger partial charge in [0.15, 0.2) is 11.7 Å². The van der Waals surface area contributed by atoms with Gasteiger partial charge in [-0.15, -0.1) is 0 Å². The number of likely N-dealkylation sites (N-methyl/N-ethyl adjacent to an activating group) is 1. The fraction of sp³-hybridized carbons (Fsp3) is 0.667. The van der Waals surface area contributed by atoms with Gasteiger partial charge in [-0.25, -0.2) is 4.79 Å². The number of hydrogen-bond acceptors (Lipinski definition) is 3. The maximum atomic E-state index is 13.3. The van der Waals surface area contributed by atoms with E-state index in [-0.39, 0.29) is 36.0 Å². The Balaban J connectivity index is 0.00000196. The van der Waals surface area contributed by atoms with E-state index < -0.39 is 11.6 Å². The second-order valence-corrected chi connectivity index (χ2v) is 8.85. The van der Waals surface area contributed by atoms with Gasteiger partial charge in [-0.3, -0.25) is 0 Å². The molecule has 4 atom stereocenters. The second kappa shape index (κ2) is 7.40. The van der Waals surface area contributed by atoms with Gasteiger partial charge in [0.2, 0.25) is 0 Å². The van der Waals surface area contributed by atoms with E-state index in [2.05, 4.69) is 14.1 Å². The highest BCUT2D eigenvalue weighted by Gasteiger charge is 2.58. The van der Waals surface area contributed by atoms with Gasteiger partial charge in [-0.05, 0) is 24.8 Å². The first kappa shape index (κ1) is 20.1. The Morgan fingerprint density at radius 1 is 1.12 bits per heavy atom. The number of aliphatic hydroxyl groups is 1. The molecule has 1 N–H and O–H groups in total. The fourth-order valence-electron chi connectivity index (χ4n) is 5.65. The summed E-state index contributed by atoms with van der Waals surface area (Å²) in [7, 11) is 4.45. The average Bonchev–Trinajstić information content (AvgIpc) is 3.30. The van der Waals surface area contributed by atoms with Gasteiger partial charge in [-0.2, -0.15) is 0 Å². The van der Waals surface area contributed by atoms with E-state index in [9.17, 15) is 9.90 Å². The molecule has 144 valence electrons. The van der Waals surface area contributed by atoms with Gasteiger partial charge in [0.25, 0.3) is 0 Å². The molecule has 4 nitrogen and oxygen atoms in total. The van der Waals surface area contributed by atoms with Crippen LogP contribution in [-0.2, 0) is 15.1 Å². The largest absolute Gasteiger partial charge is 1.00 e. The van der Waals surface area contributed by atoms with Crippen molar-refractivity contribution in [1.29, 1.82) is 0 Å². The summed E-state index contributed by atoms with van der Waals surface area (Å²) < 4.78 is 6.99. The van der Waals surface area contributed by atoms with E-state index in [1.807, 2.05) is 30.3 Å². The van der Waals surface area contributed by atoms with E-state index in [1.165, 1.54) is 0 Å². The minimum absolute atomic E-state index is 0. The summed E-state index contributed by atoms with van der Waals surface area (Å²) in [5, 5.41) is 11.6. The van der Waals surface area contributed by atoms with Crippen molar-refractivity contribution in [1.82, 2.24) is 0 Å². The molecule has 1 aromatic carbocycles. The molecule has 2 unspecified atom stereocenters. The van der Waals surface area contributed by atoms with Crippen LogP contribution in [0.2, 0.25) is 0 Å². The van der Waals surface area contributed by atoms with Crippen LogP contribution in [0.4, 0.5) is 0 Å². The molecule has 4 rings (SSSR count). The number of halogens is 1. The predicted octanol–water partition coefficient (Wildman–Crippen LogP) is -0.151. The Kier molecular flexibility index (Phi) is 5.71. The molecule has 3 fully saturated rings. The number of likely N-dealkylation sites (tertiary alicyclic amines) is 1. The molecular weight excluding hydrogens is 441 g/mol. The first-order valence-electron chi connectivity index (χ1n) is 9.74. The monoisotopic (exact) mass is 471 g/mol. The maximum absolute atomic E-state index is 13.3. The summed E-state index contributed by atoms with van der Waals surface area (Å²) in [5.41, 5.74) is -0.817. The number of carbonyl (C=O) groups excluding carboxylic acids is 1. The van der Waals surface area contributed by atoms with Crippen LogP contribution in [0.15, 0.2) is 30.3 Å². The molecule has 0 amide bonds. The summed E-state index contributed by atoms with van der Waals surface area (Å²) in [5.74, 6) is -0.0223. The highest BCUT2D eigenvalue weighted by atomic mass is 127. The smallest absolute Gasteiger partial charge is 0.343 e. The number of fused-ring (bicyclic) bond motifs is 2. The van der Waals surface area contributed by atoms with Gasteiger partial charge in [-0.1, -0.05) is 43.2 Å². The Morgan fingerprint density at radius 3 is 2.31 bits per heavy atom. The van der Waals surface area contributed by atoms with Crippen molar-refractivity contribution in [3.8, 4) is 0 Å². The number of rotatable bonds is 4. The average molecular weight is 471 g/mol. The third-order valence-corrected chi connectivity index (χ3v) is 6.99. The van der Waals surface area contributed by atoms with Crippen LogP contribution in [0.5, 0.6) is 0 Å². The van der Waals surface area contributed by atoms with E-state index in [0.29, 0.717) is 17.5 Å². The molecule has 2 bridgehead atoms. The highest BCUT2D eigenvalue weighted by molar-refractivity contribution is 5.82. The SMILES string of the molecule is C[N+]1(C)CC2CC[C@@H]1C2OC(=O)[C@](O)(c1ccccc1)C1CCCC1.[I-]. The second-order valence-electron chi connectivity index (χ2n) is 8.85. The minimum atomic E-state index is -1.50. The molecule has 1 saturated heterocycles. The number of quaternary nitrogens is 1. The van der Waals surface area contributed by atoms with Crippen molar-refractivity contribution in [2.45, 2.75) is 56.3 Å².